The van der Waals surface area contributed by atoms with E-state index in [4.69, 9.17) is 14.2 Å². The van der Waals surface area contributed by atoms with Crippen LogP contribution in [0.5, 0.6) is 11.5 Å². The van der Waals surface area contributed by atoms with Gasteiger partial charge in [-0.15, -0.1) is 0 Å². The molecule has 3 rings (SSSR count). The Morgan fingerprint density at radius 3 is 2.26 bits per heavy atom. The van der Waals surface area contributed by atoms with Gasteiger partial charge in [0.15, 0.2) is 11.5 Å². The number of hydrogen-bond donors (Lipinski definition) is 0. The average molecular weight is 427 g/mol. The third-order valence-corrected chi connectivity index (χ3v) is 4.45. The number of ether oxygens (including phenoxy) is 3. The molecule has 0 bridgehead atoms. The van der Waals surface area contributed by atoms with E-state index in [1.54, 1.807) is 25.3 Å². The topological polar surface area (TPSA) is 44.8 Å². The zero-order chi connectivity index (χ0) is 19.1. The molecule has 0 atom stereocenters. The SMILES string of the molecule is COc1cc(C(=O)OCc2ccc(Br)cc2)ccc1OCc1ccccc1. The number of methoxy groups -OCH3 is 1. The van der Waals surface area contributed by atoms with Crippen LogP contribution in [0, 0.1) is 0 Å². The first kappa shape index (κ1) is 19.0. The Morgan fingerprint density at radius 2 is 1.56 bits per heavy atom. The van der Waals surface area contributed by atoms with E-state index < -0.39 is 5.97 Å². The second-order valence-electron chi connectivity index (χ2n) is 5.84. The molecule has 0 aliphatic carbocycles. The van der Waals surface area contributed by atoms with Crippen molar-refractivity contribution in [1.29, 1.82) is 0 Å². The summed E-state index contributed by atoms with van der Waals surface area (Å²) in [7, 11) is 1.54. The molecule has 0 aromatic heterocycles. The molecule has 3 aromatic rings. The minimum Gasteiger partial charge on any atom is -0.493 e. The summed E-state index contributed by atoms with van der Waals surface area (Å²) in [6.45, 7) is 0.630. The first-order valence-electron chi connectivity index (χ1n) is 8.42. The summed E-state index contributed by atoms with van der Waals surface area (Å²) in [5.41, 5.74) is 2.38. The predicted molar refractivity (Wildman–Crippen MR) is 107 cm³/mol. The van der Waals surface area contributed by atoms with Crippen molar-refractivity contribution in [2.24, 2.45) is 0 Å². The molecule has 0 heterocycles. The Morgan fingerprint density at radius 1 is 0.852 bits per heavy atom. The second-order valence-corrected chi connectivity index (χ2v) is 6.76. The van der Waals surface area contributed by atoms with E-state index in [-0.39, 0.29) is 6.61 Å². The van der Waals surface area contributed by atoms with Crippen molar-refractivity contribution in [2.75, 3.05) is 7.11 Å². The highest BCUT2D eigenvalue weighted by atomic mass is 79.9. The van der Waals surface area contributed by atoms with Crippen molar-refractivity contribution in [2.45, 2.75) is 13.2 Å². The first-order chi connectivity index (χ1) is 13.2. The van der Waals surface area contributed by atoms with Gasteiger partial charge in [0.05, 0.1) is 12.7 Å². The van der Waals surface area contributed by atoms with Crippen LogP contribution in [0.15, 0.2) is 77.3 Å². The van der Waals surface area contributed by atoms with Gasteiger partial charge in [-0.1, -0.05) is 58.4 Å². The average Bonchev–Trinajstić information content (AvgIpc) is 2.72. The van der Waals surface area contributed by atoms with Crippen molar-refractivity contribution >= 4 is 21.9 Å². The van der Waals surface area contributed by atoms with Crippen LogP contribution < -0.4 is 9.47 Å². The van der Waals surface area contributed by atoms with E-state index in [0.717, 1.165) is 15.6 Å². The number of rotatable bonds is 7. The second kappa shape index (κ2) is 9.24. The molecule has 0 N–H and O–H groups in total. The molecule has 0 spiro atoms. The highest BCUT2D eigenvalue weighted by Gasteiger charge is 2.13. The fourth-order valence-electron chi connectivity index (χ4n) is 2.46. The van der Waals surface area contributed by atoms with Crippen LogP contribution >= 0.6 is 15.9 Å². The summed E-state index contributed by atoms with van der Waals surface area (Å²) >= 11 is 3.38. The maximum Gasteiger partial charge on any atom is 0.338 e. The number of esters is 1. The Bertz CT molecular complexity index is 892. The van der Waals surface area contributed by atoms with Crippen molar-refractivity contribution < 1.29 is 19.0 Å². The standard InChI is InChI=1S/C22H19BrO4/c1-25-21-13-18(22(24)27-15-17-7-10-19(23)11-8-17)9-12-20(21)26-14-16-5-3-2-4-6-16/h2-13H,14-15H2,1H3. The summed E-state index contributed by atoms with van der Waals surface area (Å²) < 4.78 is 17.5. The number of halogens is 1. The lowest BCUT2D eigenvalue weighted by Gasteiger charge is -2.12. The number of hydrogen-bond acceptors (Lipinski definition) is 4. The summed E-state index contributed by atoms with van der Waals surface area (Å²) in [4.78, 5) is 12.3. The number of benzene rings is 3. The zero-order valence-electron chi connectivity index (χ0n) is 14.9. The van der Waals surface area contributed by atoms with Gasteiger partial charge in [-0.25, -0.2) is 4.79 Å². The van der Waals surface area contributed by atoms with Crippen LogP contribution in [0.2, 0.25) is 0 Å². The van der Waals surface area contributed by atoms with E-state index in [1.807, 2.05) is 54.6 Å². The normalized spacial score (nSPS) is 10.3. The lowest BCUT2D eigenvalue weighted by Crippen LogP contribution is -2.06. The molecule has 0 radical (unpaired) electrons. The molecule has 0 aliphatic rings. The Balaban J connectivity index is 1.63. The molecule has 3 aromatic carbocycles. The summed E-state index contributed by atoms with van der Waals surface area (Å²) in [6.07, 6.45) is 0. The molecule has 4 nitrogen and oxygen atoms in total. The van der Waals surface area contributed by atoms with E-state index in [2.05, 4.69) is 15.9 Å². The monoisotopic (exact) mass is 426 g/mol. The van der Waals surface area contributed by atoms with Gasteiger partial charge in [-0.3, -0.25) is 0 Å². The van der Waals surface area contributed by atoms with Crippen molar-refractivity contribution in [3.8, 4) is 11.5 Å². The van der Waals surface area contributed by atoms with Crippen LogP contribution in [-0.4, -0.2) is 13.1 Å². The van der Waals surface area contributed by atoms with E-state index in [0.29, 0.717) is 23.7 Å². The fraction of sp³-hybridized carbons (Fsp3) is 0.136. The minimum atomic E-state index is -0.411. The van der Waals surface area contributed by atoms with E-state index in [9.17, 15) is 4.79 Å². The smallest absolute Gasteiger partial charge is 0.338 e. The van der Waals surface area contributed by atoms with Gasteiger partial charge in [0.25, 0.3) is 0 Å². The van der Waals surface area contributed by atoms with Gasteiger partial charge in [-0.2, -0.15) is 0 Å². The molecule has 5 heteroatoms. The van der Waals surface area contributed by atoms with Gasteiger partial charge in [-0.05, 0) is 41.5 Å². The van der Waals surface area contributed by atoms with Gasteiger partial charge in [0.1, 0.15) is 13.2 Å². The van der Waals surface area contributed by atoms with Gasteiger partial charge in [0.2, 0.25) is 0 Å². The lowest BCUT2D eigenvalue weighted by molar-refractivity contribution is 0.0472. The van der Waals surface area contributed by atoms with Crippen LogP contribution in [0.4, 0.5) is 0 Å². The number of carbonyl (C=O) groups is 1. The molecule has 0 amide bonds. The van der Waals surface area contributed by atoms with Crippen LogP contribution in [0.25, 0.3) is 0 Å². The molecular formula is C22H19BrO4. The first-order valence-corrected chi connectivity index (χ1v) is 9.21. The van der Waals surface area contributed by atoms with Gasteiger partial charge < -0.3 is 14.2 Å². The quantitative estimate of drug-likeness (QED) is 0.474. The minimum absolute atomic E-state index is 0.209. The summed E-state index contributed by atoms with van der Waals surface area (Å²) in [5.74, 6) is 0.653. The molecular weight excluding hydrogens is 408 g/mol. The third-order valence-electron chi connectivity index (χ3n) is 3.92. The summed E-state index contributed by atoms with van der Waals surface area (Å²) in [5, 5.41) is 0. The predicted octanol–water partition coefficient (Wildman–Crippen LogP) is 5.39. The molecule has 0 unspecified atom stereocenters. The van der Waals surface area contributed by atoms with E-state index in [1.165, 1.54) is 0 Å². The largest absolute Gasteiger partial charge is 0.493 e. The van der Waals surface area contributed by atoms with Crippen LogP contribution in [0.3, 0.4) is 0 Å². The Labute approximate surface area is 166 Å². The highest BCUT2D eigenvalue weighted by molar-refractivity contribution is 9.10. The van der Waals surface area contributed by atoms with Crippen molar-refractivity contribution in [1.82, 2.24) is 0 Å². The highest BCUT2D eigenvalue weighted by Crippen LogP contribution is 2.29. The maximum absolute atomic E-state index is 12.3. The summed E-state index contributed by atoms with van der Waals surface area (Å²) in [6, 6.07) is 22.5. The lowest BCUT2D eigenvalue weighted by atomic mass is 10.2. The molecule has 138 valence electrons. The maximum atomic E-state index is 12.3. The molecule has 0 fully saturated rings. The zero-order valence-corrected chi connectivity index (χ0v) is 16.4. The van der Waals surface area contributed by atoms with Gasteiger partial charge >= 0.3 is 5.97 Å². The van der Waals surface area contributed by atoms with Crippen molar-refractivity contribution in [3.63, 3.8) is 0 Å². The third kappa shape index (κ3) is 5.34. The van der Waals surface area contributed by atoms with Gasteiger partial charge in [0, 0.05) is 4.47 Å². The molecule has 27 heavy (non-hydrogen) atoms. The number of carbonyl (C=O) groups excluding carboxylic acids is 1. The van der Waals surface area contributed by atoms with Crippen LogP contribution in [0.1, 0.15) is 21.5 Å². The van der Waals surface area contributed by atoms with Crippen LogP contribution in [-0.2, 0) is 18.0 Å². The molecule has 0 saturated heterocycles. The Kier molecular flexibility index (Phi) is 6.49. The Hall–Kier alpha value is -2.79. The molecule has 0 saturated carbocycles. The van der Waals surface area contributed by atoms with E-state index >= 15 is 0 Å². The molecule has 0 aliphatic heterocycles. The fourth-order valence-corrected chi connectivity index (χ4v) is 2.73. The van der Waals surface area contributed by atoms with Crippen molar-refractivity contribution in [3.05, 3.63) is 94.0 Å².